The molecule has 1 aromatic carbocycles. The summed E-state index contributed by atoms with van der Waals surface area (Å²) in [6.45, 7) is 0.139. The summed E-state index contributed by atoms with van der Waals surface area (Å²) in [5.41, 5.74) is 0. The first kappa shape index (κ1) is 22.8. The molecule has 3 N–H and O–H groups in total. The summed E-state index contributed by atoms with van der Waals surface area (Å²) in [4.78, 5) is 0. The SMILES string of the molecule is OC1O[C@H](COC2CCCCC2)[C@@H](O)[C@H](O)[C@H]1Oc1ccc(OC2CCCCC2)cc1. The van der Waals surface area contributed by atoms with Crippen LogP contribution in [-0.2, 0) is 9.47 Å². The van der Waals surface area contributed by atoms with Gasteiger partial charge in [0.25, 0.3) is 0 Å². The molecular formula is C24H36O7. The van der Waals surface area contributed by atoms with Gasteiger partial charge in [0.1, 0.15) is 29.8 Å². The lowest BCUT2D eigenvalue weighted by molar-refractivity contribution is -0.284. The van der Waals surface area contributed by atoms with Gasteiger partial charge in [0.05, 0.1) is 18.8 Å². The highest BCUT2D eigenvalue weighted by atomic mass is 16.7. The van der Waals surface area contributed by atoms with E-state index in [0.29, 0.717) is 5.75 Å². The van der Waals surface area contributed by atoms with Crippen molar-refractivity contribution >= 4 is 0 Å². The molecule has 7 heteroatoms. The largest absolute Gasteiger partial charge is 0.490 e. The maximum Gasteiger partial charge on any atom is 0.195 e. The van der Waals surface area contributed by atoms with Crippen LogP contribution < -0.4 is 9.47 Å². The Labute approximate surface area is 184 Å². The van der Waals surface area contributed by atoms with Crippen LogP contribution in [0.2, 0.25) is 0 Å². The standard InChI is InChI=1S/C24H36O7/c25-21-20(15-28-16-7-3-1-4-8-16)31-24(27)23(22(21)26)30-19-13-11-18(12-14-19)29-17-9-5-2-6-10-17/h11-14,16-17,20-27H,1-10,15H2/t20-,21-,22+,23-,24?/m1/s1. The molecular weight excluding hydrogens is 400 g/mol. The van der Waals surface area contributed by atoms with Gasteiger partial charge >= 0.3 is 0 Å². The topological polar surface area (TPSA) is 97.6 Å². The summed E-state index contributed by atoms with van der Waals surface area (Å²) in [5.74, 6) is 1.24. The summed E-state index contributed by atoms with van der Waals surface area (Å²) in [6, 6.07) is 7.12. The predicted molar refractivity (Wildman–Crippen MR) is 114 cm³/mol. The van der Waals surface area contributed by atoms with Crippen molar-refractivity contribution in [2.75, 3.05) is 6.61 Å². The molecule has 1 heterocycles. The zero-order valence-electron chi connectivity index (χ0n) is 18.1. The fourth-order valence-corrected chi connectivity index (χ4v) is 4.78. The Hall–Kier alpha value is -1.38. The maximum absolute atomic E-state index is 10.6. The molecule has 1 aromatic rings. The Kier molecular flexibility index (Phi) is 8.07. The molecule has 0 spiro atoms. The molecule has 31 heavy (non-hydrogen) atoms. The number of benzene rings is 1. The highest BCUT2D eigenvalue weighted by molar-refractivity contribution is 5.31. The Morgan fingerprint density at radius 2 is 1.26 bits per heavy atom. The Morgan fingerprint density at radius 1 is 0.710 bits per heavy atom. The molecule has 1 aliphatic heterocycles. The van der Waals surface area contributed by atoms with Gasteiger partial charge in [-0.2, -0.15) is 0 Å². The minimum Gasteiger partial charge on any atom is -0.490 e. The summed E-state index contributed by atoms with van der Waals surface area (Å²) in [7, 11) is 0. The van der Waals surface area contributed by atoms with E-state index in [-0.39, 0.29) is 18.8 Å². The summed E-state index contributed by atoms with van der Waals surface area (Å²) >= 11 is 0. The number of aliphatic hydroxyl groups is 3. The van der Waals surface area contributed by atoms with Crippen LogP contribution in [0.3, 0.4) is 0 Å². The molecule has 0 bridgehead atoms. The fraction of sp³-hybridized carbons (Fsp3) is 0.750. The third-order valence-electron chi connectivity index (χ3n) is 6.66. The molecule has 0 aromatic heterocycles. The van der Waals surface area contributed by atoms with Gasteiger partial charge in [0.15, 0.2) is 12.4 Å². The molecule has 1 saturated heterocycles. The van der Waals surface area contributed by atoms with Crippen molar-refractivity contribution in [3.8, 4) is 11.5 Å². The molecule has 3 fully saturated rings. The second kappa shape index (κ2) is 11.0. The van der Waals surface area contributed by atoms with Gasteiger partial charge in [-0.1, -0.05) is 25.7 Å². The highest BCUT2D eigenvalue weighted by Gasteiger charge is 2.45. The molecule has 0 radical (unpaired) electrons. The Bertz CT molecular complexity index is 654. The van der Waals surface area contributed by atoms with Crippen LogP contribution in [0.25, 0.3) is 0 Å². The zero-order valence-corrected chi connectivity index (χ0v) is 18.1. The van der Waals surface area contributed by atoms with Gasteiger partial charge in [0.2, 0.25) is 0 Å². The number of hydrogen-bond acceptors (Lipinski definition) is 7. The number of hydrogen-bond donors (Lipinski definition) is 3. The van der Waals surface area contributed by atoms with Crippen LogP contribution in [0.15, 0.2) is 24.3 Å². The molecule has 1 unspecified atom stereocenters. The van der Waals surface area contributed by atoms with E-state index >= 15 is 0 Å². The van der Waals surface area contributed by atoms with Crippen LogP contribution in [0, 0.1) is 0 Å². The molecule has 2 saturated carbocycles. The Morgan fingerprint density at radius 3 is 1.87 bits per heavy atom. The second-order valence-corrected chi connectivity index (χ2v) is 9.07. The van der Waals surface area contributed by atoms with E-state index in [1.807, 2.05) is 12.1 Å². The lowest BCUT2D eigenvalue weighted by Crippen LogP contribution is -2.60. The van der Waals surface area contributed by atoms with E-state index in [2.05, 4.69) is 0 Å². The third-order valence-corrected chi connectivity index (χ3v) is 6.66. The average molecular weight is 437 g/mol. The van der Waals surface area contributed by atoms with Gasteiger partial charge < -0.3 is 34.3 Å². The first-order chi connectivity index (χ1) is 15.1. The normalized spacial score (nSPS) is 33.2. The minimum absolute atomic E-state index is 0.139. The van der Waals surface area contributed by atoms with Crippen molar-refractivity contribution in [3.05, 3.63) is 24.3 Å². The lowest BCUT2D eigenvalue weighted by atomic mass is 9.97. The van der Waals surface area contributed by atoms with Crippen molar-refractivity contribution in [3.63, 3.8) is 0 Å². The molecule has 7 nitrogen and oxygen atoms in total. The van der Waals surface area contributed by atoms with Crippen LogP contribution >= 0.6 is 0 Å². The predicted octanol–water partition coefficient (Wildman–Crippen LogP) is 2.93. The van der Waals surface area contributed by atoms with E-state index in [1.165, 1.54) is 25.7 Å². The van der Waals surface area contributed by atoms with Crippen LogP contribution in [-0.4, -0.2) is 64.8 Å². The smallest absolute Gasteiger partial charge is 0.195 e. The van der Waals surface area contributed by atoms with Crippen molar-refractivity contribution < 1.29 is 34.3 Å². The summed E-state index contributed by atoms with van der Waals surface area (Å²) in [5, 5.41) is 31.4. The zero-order chi connectivity index (χ0) is 21.6. The minimum atomic E-state index is -1.36. The second-order valence-electron chi connectivity index (χ2n) is 9.07. The van der Waals surface area contributed by atoms with Crippen molar-refractivity contribution in [2.24, 2.45) is 0 Å². The van der Waals surface area contributed by atoms with Gasteiger partial charge in [-0.25, -0.2) is 0 Å². The average Bonchev–Trinajstić information content (AvgIpc) is 2.81. The highest BCUT2D eigenvalue weighted by Crippen LogP contribution is 2.29. The Balaban J connectivity index is 1.28. The van der Waals surface area contributed by atoms with Crippen LogP contribution in [0.1, 0.15) is 64.2 Å². The van der Waals surface area contributed by atoms with E-state index in [4.69, 9.17) is 18.9 Å². The number of aliphatic hydroxyl groups excluding tert-OH is 3. The number of rotatable bonds is 7. The first-order valence-electron chi connectivity index (χ1n) is 11.8. The molecule has 2 aliphatic carbocycles. The monoisotopic (exact) mass is 436 g/mol. The van der Waals surface area contributed by atoms with Crippen LogP contribution in [0.5, 0.6) is 11.5 Å². The van der Waals surface area contributed by atoms with E-state index in [0.717, 1.165) is 44.3 Å². The van der Waals surface area contributed by atoms with E-state index < -0.39 is 30.7 Å². The molecule has 3 aliphatic rings. The van der Waals surface area contributed by atoms with Gasteiger partial charge in [-0.15, -0.1) is 0 Å². The quantitative estimate of drug-likeness (QED) is 0.605. The third kappa shape index (κ3) is 6.11. The number of ether oxygens (including phenoxy) is 4. The van der Waals surface area contributed by atoms with E-state index in [9.17, 15) is 15.3 Å². The van der Waals surface area contributed by atoms with Crippen molar-refractivity contribution in [1.29, 1.82) is 0 Å². The maximum atomic E-state index is 10.6. The summed E-state index contributed by atoms with van der Waals surface area (Å²) < 4.78 is 23.2. The van der Waals surface area contributed by atoms with Crippen molar-refractivity contribution in [1.82, 2.24) is 0 Å². The molecule has 0 amide bonds. The van der Waals surface area contributed by atoms with E-state index in [1.54, 1.807) is 12.1 Å². The fourth-order valence-electron chi connectivity index (χ4n) is 4.78. The summed E-state index contributed by atoms with van der Waals surface area (Å²) in [6.07, 6.45) is 6.05. The lowest BCUT2D eigenvalue weighted by Gasteiger charge is -2.40. The van der Waals surface area contributed by atoms with Gasteiger partial charge in [-0.05, 0) is 62.8 Å². The first-order valence-corrected chi connectivity index (χ1v) is 11.8. The molecule has 4 rings (SSSR count). The van der Waals surface area contributed by atoms with Gasteiger partial charge in [-0.3, -0.25) is 0 Å². The molecule has 174 valence electrons. The van der Waals surface area contributed by atoms with Crippen molar-refractivity contribution in [2.45, 2.75) is 107 Å². The van der Waals surface area contributed by atoms with Gasteiger partial charge in [0, 0.05) is 0 Å². The van der Waals surface area contributed by atoms with Crippen LogP contribution in [0.4, 0.5) is 0 Å². The molecule has 5 atom stereocenters.